The smallest absolute Gasteiger partial charge is 0.340 e. The third kappa shape index (κ3) is 3.42. The van der Waals surface area contributed by atoms with Crippen molar-refractivity contribution in [2.24, 2.45) is 0 Å². The van der Waals surface area contributed by atoms with E-state index in [1.54, 1.807) is 25.4 Å². The van der Waals surface area contributed by atoms with Gasteiger partial charge in [-0.25, -0.2) is 4.79 Å². The highest BCUT2D eigenvalue weighted by atomic mass is 16.5. The fourth-order valence-corrected chi connectivity index (χ4v) is 2.69. The molecule has 1 fully saturated rings. The summed E-state index contributed by atoms with van der Waals surface area (Å²) in [6, 6.07) is 5.47. The molecule has 2 rings (SSSR count). The fourth-order valence-electron chi connectivity index (χ4n) is 2.69. The molecule has 1 aromatic rings. The van der Waals surface area contributed by atoms with Crippen molar-refractivity contribution in [1.82, 2.24) is 9.88 Å². The van der Waals surface area contributed by atoms with Crippen LogP contribution in [0.3, 0.4) is 0 Å². The van der Waals surface area contributed by atoms with Gasteiger partial charge in [-0.1, -0.05) is 19.3 Å². The first kappa shape index (κ1) is 16.0. The Kier molecular flexibility index (Phi) is 5.10. The van der Waals surface area contributed by atoms with E-state index >= 15 is 0 Å². The molecule has 6 nitrogen and oxygen atoms in total. The van der Waals surface area contributed by atoms with Crippen LogP contribution < -0.4 is 0 Å². The Morgan fingerprint density at radius 2 is 2.14 bits per heavy atom. The molecule has 6 heteroatoms. The van der Waals surface area contributed by atoms with E-state index < -0.39 is 11.5 Å². The van der Waals surface area contributed by atoms with E-state index in [1.807, 2.05) is 0 Å². The second kappa shape index (κ2) is 7.03. The number of nitrogens with zero attached hydrogens (tertiary/aromatic N) is 3. The van der Waals surface area contributed by atoms with Crippen LogP contribution in [-0.4, -0.2) is 41.0 Å². The van der Waals surface area contributed by atoms with Crippen LogP contribution >= 0.6 is 0 Å². The molecular formula is C16H19N3O3. The van der Waals surface area contributed by atoms with Crippen molar-refractivity contribution in [2.75, 3.05) is 13.7 Å². The monoisotopic (exact) mass is 301 g/mol. The second-order valence-electron chi connectivity index (χ2n) is 5.47. The van der Waals surface area contributed by atoms with Crippen LogP contribution in [0.25, 0.3) is 0 Å². The van der Waals surface area contributed by atoms with Crippen molar-refractivity contribution in [3.05, 3.63) is 30.1 Å². The van der Waals surface area contributed by atoms with Crippen LogP contribution in [0.5, 0.6) is 0 Å². The number of likely N-dealkylation sites (N-methyl/N-ethyl adjacent to an activating group) is 1. The molecule has 0 bridgehead atoms. The highest BCUT2D eigenvalue weighted by Crippen LogP contribution is 2.32. The minimum atomic E-state index is -0.768. The van der Waals surface area contributed by atoms with Crippen LogP contribution in [0, 0.1) is 11.3 Å². The maximum Gasteiger partial charge on any atom is 0.340 e. The molecule has 1 heterocycles. The van der Waals surface area contributed by atoms with Crippen molar-refractivity contribution < 1.29 is 14.3 Å². The highest BCUT2D eigenvalue weighted by molar-refractivity contribution is 5.91. The van der Waals surface area contributed by atoms with E-state index in [2.05, 4.69) is 11.1 Å². The van der Waals surface area contributed by atoms with Gasteiger partial charge in [0.25, 0.3) is 5.91 Å². The number of carbonyl (C=O) groups is 2. The topological polar surface area (TPSA) is 83.3 Å². The molecule has 0 aliphatic heterocycles. The molecule has 0 spiro atoms. The van der Waals surface area contributed by atoms with Gasteiger partial charge in [0.2, 0.25) is 0 Å². The maximum absolute atomic E-state index is 12.2. The van der Waals surface area contributed by atoms with E-state index in [4.69, 9.17) is 4.74 Å². The largest absolute Gasteiger partial charge is 0.452 e. The van der Waals surface area contributed by atoms with Gasteiger partial charge in [-0.15, -0.1) is 0 Å². The van der Waals surface area contributed by atoms with Crippen molar-refractivity contribution in [3.8, 4) is 6.07 Å². The first-order valence-corrected chi connectivity index (χ1v) is 7.34. The van der Waals surface area contributed by atoms with E-state index in [-0.39, 0.29) is 12.5 Å². The number of ether oxygens (including phenoxy) is 1. The number of pyridine rings is 1. The van der Waals surface area contributed by atoms with E-state index in [9.17, 15) is 14.9 Å². The number of nitriles is 1. The minimum Gasteiger partial charge on any atom is -0.452 e. The molecule has 0 saturated heterocycles. The molecule has 116 valence electrons. The molecule has 0 atom stereocenters. The number of hydrogen-bond donors (Lipinski definition) is 0. The van der Waals surface area contributed by atoms with Gasteiger partial charge >= 0.3 is 5.97 Å². The zero-order valence-corrected chi connectivity index (χ0v) is 12.6. The predicted molar refractivity (Wildman–Crippen MR) is 78.7 cm³/mol. The molecule has 22 heavy (non-hydrogen) atoms. The molecule has 0 N–H and O–H groups in total. The highest BCUT2D eigenvalue weighted by Gasteiger charge is 2.38. The van der Waals surface area contributed by atoms with Gasteiger partial charge < -0.3 is 9.64 Å². The van der Waals surface area contributed by atoms with Crippen LogP contribution in [0.1, 0.15) is 42.5 Å². The zero-order valence-electron chi connectivity index (χ0n) is 12.6. The lowest BCUT2D eigenvalue weighted by Gasteiger charge is -2.38. The molecule has 0 radical (unpaired) electrons. The number of hydrogen-bond acceptors (Lipinski definition) is 5. The van der Waals surface area contributed by atoms with Gasteiger partial charge in [0.05, 0.1) is 11.6 Å². The van der Waals surface area contributed by atoms with Crippen LogP contribution in [0.2, 0.25) is 0 Å². The van der Waals surface area contributed by atoms with Crippen LogP contribution in [0.4, 0.5) is 0 Å². The minimum absolute atomic E-state index is 0.297. The first-order valence-electron chi connectivity index (χ1n) is 7.34. The molecule has 0 unspecified atom stereocenters. The lowest BCUT2D eigenvalue weighted by molar-refractivity contribution is -0.138. The molecular weight excluding hydrogens is 282 g/mol. The Bertz CT molecular complexity index is 574. The molecule has 1 amide bonds. The van der Waals surface area contributed by atoms with Crippen molar-refractivity contribution in [3.63, 3.8) is 0 Å². The summed E-state index contributed by atoms with van der Waals surface area (Å²) in [4.78, 5) is 29.3. The summed E-state index contributed by atoms with van der Waals surface area (Å²) in [5.41, 5.74) is -0.471. The Balaban J connectivity index is 1.94. The Hall–Kier alpha value is -2.42. The molecule has 1 aliphatic carbocycles. The summed E-state index contributed by atoms with van der Waals surface area (Å²) in [5.74, 6) is -0.954. The SMILES string of the molecule is CN(C(=O)COC(=O)c1cccnc1)C1(C#N)CCCCC1. The summed E-state index contributed by atoms with van der Waals surface area (Å²) >= 11 is 0. The van der Waals surface area contributed by atoms with Crippen molar-refractivity contribution in [2.45, 2.75) is 37.6 Å². The lowest BCUT2D eigenvalue weighted by atomic mass is 9.81. The third-order valence-electron chi connectivity index (χ3n) is 4.13. The molecule has 1 aromatic heterocycles. The summed E-state index contributed by atoms with van der Waals surface area (Å²) < 4.78 is 5.01. The number of aromatic nitrogens is 1. The average molecular weight is 301 g/mol. The van der Waals surface area contributed by atoms with E-state index in [0.29, 0.717) is 18.4 Å². The van der Waals surface area contributed by atoms with Crippen LogP contribution in [-0.2, 0) is 9.53 Å². The Morgan fingerprint density at radius 1 is 1.41 bits per heavy atom. The van der Waals surface area contributed by atoms with Gasteiger partial charge in [-0.2, -0.15) is 5.26 Å². The van der Waals surface area contributed by atoms with Gasteiger partial charge in [0.15, 0.2) is 6.61 Å². The normalized spacial score (nSPS) is 16.4. The summed E-state index contributed by atoms with van der Waals surface area (Å²) in [5, 5.41) is 9.46. The van der Waals surface area contributed by atoms with E-state index in [1.165, 1.54) is 11.1 Å². The van der Waals surface area contributed by atoms with Gasteiger partial charge in [0, 0.05) is 19.4 Å². The summed E-state index contributed by atoms with van der Waals surface area (Å²) in [6.45, 7) is -0.367. The molecule has 1 aliphatic rings. The molecule has 1 saturated carbocycles. The van der Waals surface area contributed by atoms with Crippen molar-refractivity contribution >= 4 is 11.9 Å². The summed E-state index contributed by atoms with van der Waals surface area (Å²) in [7, 11) is 1.61. The van der Waals surface area contributed by atoms with Gasteiger partial charge in [-0.05, 0) is 25.0 Å². The van der Waals surface area contributed by atoms with Crippen LogP contribution in [0.15, 0.2) is 24.5 Å². The average Bonchev–Trinajstić information content (AvgIpc) is 2.60. The standard InChI is InChI=1S/C16H19N3O3/c1-19(16(12-17)7-3-2-4-8-16)14(20)11-22-15(21)13-6-5-9-18-10-13/h5-6,9-10H,2-4,7-8,11H2,1H3. The van der Waals surface area contributed by atoms with Gasteiger partial charge in [-0.3, -0.25) is 9.78 Å². The Morgan fingerprint density at radius 3 is 2.73 bits per heavy atom. The number of rotatable bonds is 4. The third-order valence-corrected chi connectivity index (χ3v) is 4.13. The Labute approximate surface area is 129 Å². The van der Waals surface area contributed by atoms with E-state index in [0.717, 1.165) is 19.3 Å². The number of carbonyl (C=O) groups excluding carboxylic acids is 2. The number of esters is 1. The molecule has 0 aromatic carbocycles. The lowest BCUT2D eigenvalue weighted by Crippen LogP contribution is -2.51. The first-order chi connectivity index (χ1) is 10.6. The maximum atomic E-state index is 12.2. The van der Waals surface area contributed by atoms with Gasteiger partial charge in [0.1, 0.15) is 5.54 Å². The zero-order chi connectivity index (χ0) is 16.0. The van der Waals surface area contributed by atoms with Crippen molar-refractivity contribution in [1.29, 1.82) is 5.26 Å². The second-order valence-corrected chi connectivity index (χ2v) is 5.47. The summed E-state index contributed by atoms with van der Waals surface area (Å²) in [6.07, 6.45) is 7.22. The predicted octanol–water partition coefficient (Wildman–Crippen LogP) is 1.92. The fraction of sp³-hybridized carbons (Fsp3) is 0.500. The quantitative estimate of drug-likeness (QED) is 0.793. The number of amides is 1.